The molecule has 0 aromatic heterocycles. The summed E-state index contributed by atoms with van der Waals surface area (Å²) in [6.45, 7) is 6.55. The molecular formula is C11H8F3. The predicted molar refractivity (Wildman–Crippen MR) is 49.5 cm³/mol. The summed E-state index contributed by atoms with van der Waals surface area (Å²) in [5.74, 6) is 0. The van der Waals surface area contributed by atoms with E-state index in [1.807, 2.05) is 0 Å². The van der Waals surface area contributed by atoms with Gasteiger partial charge in [-0.25, -0.2) is 0 Å². The molecule has 0 N–H and O–H groups in total. The van der Waals surface area contributed by atoms with E-state index in [0.29, 0.717) is 0 Å². The lowest BCUT2D eigenvalue weighted by molar-refractivity contribution is -0.138. The first-order valence-electron chi connectivity index (χ1n) is 3.86. The van der Waals surface area contributed by atoms with E-state index >= 15 is 0 Å². The Kier molecular flexibility index (Phi) is 2.79. The van der Waals surface area contributed by atoms with Crippen LogP contribution in [0.2, 0.25) is 0 Å². The number of hydrogen-bond acceptors (Lipinski definition) is 0. The second-order valence-electron chi connectivity index (χ2n) is 2.65. The maximum absolute atomic E-state index is 12.6. The van der Waals surface area contributed by atoms with Crippen LogP contribution in [0.25, 0.3) is 6.08 Å². The molecule has 1 radical (unpaired) electrons. The molecule has 0 aliphatic rings. The fourth-order valence-corrected chi connectivity index (χ4v) is 1.20. The highest BCUT2D eigenvalue weighted by atomic mass is 19.4. The highest BCUT2D eigenvalue weighted by Crippen LogP contribution is 2.35. The highest BCUT2D eigenvalue weighted by Gasteiger charge is 2.34. The Balaban J connectivity index is 3.49. The summed E-state index contributed by atoms with van der Waals surface area (Å²) in [6, 6.07) is 4.19. The summed E-state index contributed by atoms with van der Waals surface area (Å²) in [7, 11) is 0. The Labute approximate surface area is 80.4 Å². The molecule has 0 nitrogen and oxygen atoms in total. The fraction of sp³-hybridized carbons (Fsp3) is 0.0909. The van der Waals surface area contributed by atoms with Gasteiger partial charge in [0, 0.05) is 0 Å². The maximum Gasteiger partial charge on any atom is 0.417 e. The van der Waals surface area contributed by atoms with E-state index in [2.05, 4.69) is 19.2 Å². The van der Waals surface area contributed by atoms with Gasteiger partial charge in [0.05, 0.1) is 5.56 Å². The van der Waals surface area contributed by atoms with Crippen molar-refractivity contribution in [2.75, 3.05) is 0 Å². The predicted octanol–water partition coefficient (Wildman–Crippen LogP) is 3.69. The Hall–Kier alpha value is -1.51. The van der Waals surface area contributed by atoms with Crippen LogP contribution < -0.4 is 0 Å². The van der Waals surface area contributed by atoms with E-state index < -0.39 is 11.7 Å². The fourth-order valence-electron chi connectivity index (χ4n) is 1.20. The zero-order valence-electron chi connectivity index (χ0n) is 7.36. The summed E-state index contributed by atoms with van der Waals surface area (Å²) in [5, 5.41) is 0. The Bertz CT molecular complexity index is 335. The Morgan fingerprint density at radius 2 is 1.93 bits per heavy atom. The van der Waals surface area contributed by atoms with Gasteiger partial charge >= 0.3 is 6.18 Å². The zero-order chi connectivity index (χ0) is 10.8. The van der Waals surface area contributed by atoms with Gasteiger partial charge in [-0.2, -0.15) is 13.2 Å². The summed E-state index contributed by atoms with van der Waals surface area (Å²) in [4.78, 5) is 0. The van der Waals surface area contributed by atoms with E-state index in [1.54, 1.807) is 0 Å². The van der Waals surface area contributed by atoms with Gasteiger partial charge in [0.2, 0.25) is 0 Å². The normalized spacial score (nSPS) is 11.1. The first kappa shape index (κ1) is 10.6. The second-order valence-corrected chi connectivity index (χ2v) is 2.65. The monoisotopic (exact) mass is 197 g/mol. The lowest BCUT2D eigenvalue weighted by Crippen LogP contribution is -2.09. The van der Waals surface area contributed by atoms with Gasteiger partial charge in [0.1, 0.15) is 0 Å². The molecule has 1 rings (SSSR count). The van der Waals surface area contributed by atoms with Crippen molar-refractivity contribution >= 4 is 6.08 Å². The lowest BCUT2D eigenvalue weighted by Gasteiger charge is -2.12. The quantitative estimate of drug-likeness (QED) is 0.678. The molecule has 1 aromatic rings. The minimum absolute atomic E-state index is 0.0464. The number of benzene rings is 1. The molecule has 0 aliphatic carbocycles. The SMILES string of the molecule is C=[C]c1cccc(C=C)c1C(F)(F)F. The minimum atomic E-state index is -4.40. The van der Waals surface area contributed by atoms with Crippen molar-refractivity contribution in [3.05, 3.63) is 54.1 Å². The molecule has 0 unspecified atom stereocenters. The highest BCUT2D eigenvalue weighted by molar-refractivity contribution is 5.56. The van der Waals surface area contributed by atoms with Crippen LogP contribution in [0.4, 0.5) is 13.2 Å². The van der Waals surface area contributed by atoms with Crippen LogP contribution >= 0.6 is 0 Å². The summed E-state index contributed by atoms with van der Waals surface area (Å²) >= 11 is 0. The smallest absolute Gasteiger partial charge is 0.166 e. The van der Waals surface area contributed by atoms with Crippen LogP contribution in [0.15, 0.2) is 31.4 Å². The summed E-state index contributed by atoms with van der Waals surface area (Å²) in [6.07, 6.45) is -0.969. The second kappa shape index (κ2) is 3.70. The van der Waals surface area contributed by atoms with Crippen molar-refractivity contribution in [2.45, 2.75) is 6.18 Å². The maximum atomic E-state index is 12.6. The Morgan fingerprint density at radius 3 is 2.36 bits per heavy atom. The third-order valence-corrected chi connectivity index (χ3v) is 1.79. The van der Waals surface area contributed by atoms with Crippen molar-refractivity contribution in [3.63, 3.8) is 0 Å². The molecule has 0 aliphatic heterocycles. The van der Waals surface area contributed by atoms with Gasteiger partial charge in [0.15, 0.2) is 0 Å². The van der Waals surface area contributed by atoms with E-state index in [9.17, 15) is 13.2 Å². The minimum Gasteiger partial charge on any atom is -0.166 e. The molecule has 1 aromatic carbocycles. The molecule has 0 atom stereocenters. The molecule has 0 spiro atoms. The molecule has 14 heavy (non-hydrogen) atoms. The molecule has 73 valence electrons. The average molecular weight is 197 g/mol. The largest absolute Gasteiger partial charge is 0.417 e. The van der Waals surface area contributed by atoms with Crippen molar-refractivity contribution in [2.24, 2.45) is 0 Å². The van der Waals surface area contributed by atoms with Gasteiger partial charge in [-0.05, 0) is 17.2 Å². The molecule has 0 fully saturated rings. The van der Waals surface area contributed by atoms with E-state index in [4.69, 9.17) is 0 Å². The Morgan fingerprint density at radius 1 is 1.29 bits per heavy atom. The van der Waals surface area contributed by atoms with Crippen LogP contribution in [-0.4, -0.2) is 0 Å². The van der Waals surface area contributed by atoms with Gasteiger partial charge in [-0.15, -0.1) is 0 Å². The molecular weight excluding hydrogens is 189 g/mol. The molecule has 0 heterocycles. The van der Waals surface area contributed by atoms with Crippen molar-refractivity contribution < 1.29 is 13.2 Å². The summed E-state index contributed by atoms with van der Waals surface area (Å²) < 4.78 is 37.7. The topological polar surface area (TPSA) is 0 Å². The number of alkyl halides is 3. The molecule has 0 bridgehead atoms. The first-order valence-corrected chi connectivity index (χ1v) is 3.86. The molecule has 3 heteroatoms. The number of rotatable bonds is 2. The molecule has 0 amide bonds. The van der Waals surface area contributed by atoms with Crippen LogP contribution in [-0.2, 0) is 6.18 Å². The van der Waals surface area contributed by atoms with E-state index in [-0.39, 0.29) is 11.1 Å². The van der Waals surface area contributed by atoms with Crippen molar-refractivity contribution in [3.8, 4) is 0 Å². The van der Waals surface area contributed by atoms with Crippen LogP contribution in [0, 0.1) is 6.08 Å². The van der Waals surface area contributed by atoms with Crippen LogP contribution in [0.5, 0.6) is 0 Å². The zero-order valence-corrected chi connectivity index (χ0v) is 7.36. The van der Waals surface area contributed by atoms with E-state index in [1.165, 1.54) is 24.3 Å². The summed E-state index contributed by atoms with van der Waals surface area (Å²) in [5.41, 5.74) is -0.731. The average Bonchev–Trinajstić information content (AvgIpc) is 2.15. The van der Waals surface area contributed by atoms with Crippen LogP contribution in [0.3, 0.4) is 0 Å². The van der Waals surface area contributed by atoms with Crippen LogP contribution in [0.1, 0.15) is 16.7 Å². The van der Waals surface area contributed by atoms with Gasteiger partial charge < -0.3 is 0 Å². The van der Waals surface area contributed by atoms with Gasteiger partial charge in [0.25, 0.3) is 0 Å². The first-order chi connectivity index (χ1) is 6.50. The standard InChI is InChI=1S/C11H8F3/c1-3-8-6-5-7-9(4-2)10(8)11(12,13)14/h3,5-7H,1-2H2. The van der Waals surface area contributed by atoms with E-state index in [0.717, 1.165) is 0 Å². The van der Waals surface area contributed by atoms with Crippen molar-refractivity contribution in [1.29, 1.82) is 0 Å². The number of halogens is 3. The third-order valence-electron chi connectivity index (χ3n) is 1.79. The molecule has 0 saturated carbocycles. The van der Waals surface area contributed by atoms with Gasteiger partial charge in [-0.1, -0.05) is 37.4 Å². The van der Waals surface area contributed by atoms with Crippen molar-refractivity contribution in [1.82, 2.24) is 0 Å². The van der Waals surface area contributed by atoms with Gasteiger partial charge in [-0.3, -0.25) is 0 Å². The third kappa shape index (κ3) is 1.87. The lowest BCUT2D eigenvalue weighted by atomic mass is 10.0. The number of hydrogen-bond donors (Lipinski definition) is 0. The molecule has 0 saturated heterocycles.